The fourth-order valence-electron chi connectivity index (χ4n) is 1.05. The molecule has 0 aliphatic rings. The van der Waals surface area contributed by atoms with Crippen molar-refractivity contribution in [2.75, 3.05) is 0 Å². The summed E-state index contributed by atoms with van der Waals surface area (Å²) in [6.07, 6.45) is 4.92. The van der Waals surface area contributed by atoms with E-state index < -0.39 is 11.9 Å². The zero-order chi connectivity index (χ0) is 12.5. The summed E-state index contributed by atoms with van der Waals surface area (Å²) in [7, 11) is 0. The van der Waals surface area contributed by atoms with Crippen molar-refractivity contribution in [3.63, 3.8) is 0 Å². The maximum absolute atomic E-state index is 11.2. The molecule has 0 fully saturated rings. The molecule has 0 bridgehead atoms. The molecule has 1 radical (unpaired) electrons. The fourth-order valence-corrected chi connectivity index (χ4v) is 1.05. The van der Waals surface area contributed by atoms with Crippen LogP contribution in [-0.4, -0.2) is 11.9 Å². The predicted octanol–water partition coefficient (Wildman–Crippen LogP) is 1.65. The minimum absolute atomic E-state index is 0.213. The van der Waals surface area contributed by atoms with Gasteiger partial charge in [0.25, 0.3) is 5.91 Å². The van der Waals surface area contributed by atoms with Gasteiger partial charge in [0, 0.05) is 12.2 Å². The molecule has 0 aliphatic carbocycles. The number of carbonyl (C=O) groups excluding carboxylic acids is 2. The third kappa shape index (κ3) is 5.94. The van der Waals surface area contributed by atoms with Crippen molar-refractivity contribution in [1.29, 1.82) is 0 Å². The van der Waals surface area contributed by atoms with Crippen LogP contribution in [0, 0.1) is 0 Å². The Morgan fingerprint density at radius 2 is 1.76 bits per heavy atom. The molecule has 1 N–H and O–H groups in total. The first kappa shape index (κ1) is 12.7. The molecule has 1 rings (SSSR count). The van der Waals surface area contributed by atoms with Gasteiger partial charge in [-0.15, -0.1) is 0 Å². The Bertz CT molecular complexity index is 435. The molecule has 0 spiro atoms. The Hall–Kier alpha value is -2.36. The number of hydrogen-bond acceptors (Lipinski definition) is 3. The van der Waals surface area contributed by atoms with E-state index in [4.69, 9.17) is 10.5 Å². The van der Waals surface area contributed by atoms with Crippen LogP contribution in [0.5, 0.6) is 0 Å². The van der Waals surface area contributed by atoms with Gasteiger partial charge in [0.05, 0.1) is 0 Å². The number of hydrogen-bond donors (Lipinski definition) is 0. The van der Waals surface area contributed by atoms with Crippen LogP contribution >= 0.6 is 0 Å². The summed E-state index contributed by atoms with van der Waals surface area (Å²) in [4.78, 5) is 21.4. The molecule has 0 aliphatic heterocycles. The third-order valence-electron chi connectivity index (χ3n) is 1.81. The van der Waals surface area contributed by atoms with E-state index >= 15 is 0 Å². The number of nitrogens with one attached hydrogen (secondary N) is 1. The molecule has 0 heterocycles. The summed E-state index contributed by atoms with van der Waals surface area (Å²) in [6.45, 7) is 0.213. The largest absolute Gasteiger partial charge is 0.458 e. The van der Waals surface area contributed by atoms with Crippen molar-refractivity contribution in [1.82, 2.24) is 5.73 Å². The first-order valence-electron chi connectivity index (χ1n) is 4.99. The molecule has 0 unspecified atom stereocenters. The monoisotopic (exact) mass is 230 g/mol. The average Bonchev–Trinajstić information content (AvgIpc) is 2.33. The average molecular weight is 230 g/mol. The van der Waals surface area contributed by atoms with E-state index in [1.165, 1.54) is 18.2 Å². The smallest absolute Gasteiger partial charge is 0.331 e. The highest BCUT2D eigenvalue weighted by atomic mass is 16.5. The van der Waals surface area contributed by atoms with Gasteiger partial charge in [-0.2, -0.15) is 0 Å². The molecule has 0 atom stereocenters. The van der Waals surface area contributed by atoms with E-state index in [0.717, 1.165) is 11.6 Å². The van der Waals surface area contributed by atoms with Gasteiger partial charge in [-0.25, -0.2) is 4.79 Å². The lowest BCUT2D eigenvalue weighted by Gasteiger charge is -2.00. The van der Waals surface area contributed by atoms with E-state index in [1.54, 1.807) is 0 Å². The van der Waals surface area contributed by atoms with Crippen molar-refractivity contribution in [3.8, 4) is 0 Å². The van der Waals surface area contributed by atoms with E-state index in [2.05, 4.69) is 0 Å². The van der Waals surface area contributed by atoms with E-state index in [-0.39, 0.29) is 6.61 Å². The quantitative estimate of drug-likeness (QED) is 0.439. The first-order chi connectivity index (χ1) is 8.18. The molecule has 87 valence electrons. The minimum Gasteiger partial charge on any atom is -0.458 e. The summed E-state index contributed by atoms with van der Waals surface area (Å²) in [5.41, 5.74) is 7.49. The Morgan fingerprint density at radius 3 is 2.41 bits per heavy atom. The van der Waals surface area contributed by atoms with Gasteiger partial charge in [0.2, 0.25) is 0 Å². The molecule has 0 saturated carbocycles. The van der Waals surface area contributed by atoms with Gasteiger partial charge in [-0.3, -0.25) is 10.5 Å². The number of benzene rings is 1. The molecule has 4 heteroatoms. The van der Waals surface area contributed by atoms with E-state index in [0.29, 0.717) is 0 Å². The molecule has 4 nitrogen and oxygen atoms in total. The second-order valence-electron chi connectivity index (χ2n) is 3.18. The van der Waals surface area contributed by atoms with Crippen molar-refractivity contribution < 1.29 is 14.3 Å². The number of amides is 1. The number of ether oxygens (including phenoxy) is 1. The standard InChI is InChI=1S/C13H12NO3/c14-12(15)8-4-5-9-13(16)17-10-11-6-2-1-3-7-11/h1-9,14H,10H2. The SMILES string of the molecule is [NH]C(=O)C=CC=CC(=O)OCc1ccccc1. The lowest BCUT2D eigenvalue weighted by Crippen LogP contribution is -2.00. The highest BCUT2D eigenvalue weighted by Gasteiger charge is 1.96. The Balaban J connectivity index is 2.33. The van der Waals surface area contributed by atoms with Crippen LogP contribution < -0.4 is 5.73 Å². The van der Waals surface area contributed by atoms with Gasteiger partial charge < -0.3 is 4.74 Å². The molecule has 0 aromatic heterocycles. The van der Waals surface area contributed by atoms with Crippen molar-refractivity contribution >= 4 is 11.9 Å². The van der Waals surface area contributed by atoms with E-state index in [9.17, 15) is 9.59 Å². The normalized spacial score (nSPS) is 10.8. The van der Waals surface area contributed by atoms with Crippen molar-refractivity contribution in [2.45, 2.75) is 6.61 Å². The molecule has 1 aromatic carbocycles. The van der Waals surface area contributed by atoms with Crippen LogP contribution in [0.15, 0.2) is 54.6 Å². The lowest BCUT2D eigenvalue weighted by molar-refractivity contribution is -0.139. The lowest BCUT2D eigenvalue weighted by atomic mass is 10.2. The van der Waals surface area contributed by atoms with Crippen LogP contribution in [0.4, 0.5) is 0 Å². The van der Waals surface area contributed by atoms with Gasteiger partial charge in [0.1, 0.15) is 6.61 Å². The maximum Gasteiger partial charge on any atom is 0.331 e. The van der Waals surface area contributed by atoms with Crippen LogP contribution in [0.3, 0.4) is 0 Å². The van der Waals surface area contributed by atoms with Crippen LogP contribution in [0.1, 0.15) is 5.56 Å². The topological polar surface area (TPSA) is 67.2 Å². The number of allylic oxidation sites excluding steroid dienone is 2. The molecular weight excluding hydrogens is 218 g/mol. The summed E-state index contributed by atoms with van der Waals surface area (Å²) in [5.74, 6) is -1.30. The summed E-state index contributed by atoms with van der Waals surface area (Å²) < 4.78 is 4.94. The zero-order valence-electron chi connectivity index (χ0n) is 9.13. The highest BCUT2D eigenvalue weighted by Crippen LogP contribution is 2.00. The maximum atomic E-state index is 11.2. The molecule has 17 heavy (non-hydrogen) atoms. The van der Waals surface area contributed by atoms with Gasteiger partial charge in [-0.1, -0.05) is 42.5 Å². The van der Waals surface area contributed by atoms with Crippen LogP contribution in [0.2, 0.25) is 0 Å². The highest BCUT2D eigenvalue weighted by molar-refractivity contribution is 5.86. The molecule has 1 aromatic rings. The summed E-state index contributed by atoms with van der Waals surface area (Å²) >= 11 is 0. The number of rotatable bonds is 5. The Kier molecular flexibility index (Phi) is 5.24. The summed E-state index contributed by atoms with van der Waals surface area (Å²) in [6, 6.07) is 9.32. The van der Waals surface area contributed by atoms with Gasteiger partial charge >= 0.3 is 5.97 Å². The van der Waals surface area contributed by atoms with Crippen molar-refractivity contribution in [2.24, 2.45) is 0 Å². The number of esters is 1. The minimum atomic E-state index is -0.813. The van der Waals surface area contributed by atoms with E-state index in [1.807, 2.05) is 30.3 Å². The van der Waals surface area contributed by atoms with Gasteiger partial charge in [0.15, 0.2) is 0 Å². The zero-order valence-corrected chi connectivity index (χ0v) is 9.13. The second kappa shape index (κ2) is 7.00. The second-order valence-corrected chi connectivity index (χ2v) is 3.18. The van der Waals surface area contributed by atoms with Crippen LogP contribution in [-0.2, 0) is 20.9 Å². The molecule has 0 saturated heterocycles. The predicted molar refractivity (Wildman–Crippen MR) is 62.6 cm³/mol. The fraction of sp³-hybridized carbons (Fsp3) is 0.0769. The molecule has 1 amide bonds. The number of carbonyl (C=O) groups is 2. The Labute approximate surface area is 99.4 Å². The molecular formula is C13H12NO3. The van der Waals surface area contributed by atoms with Crippen molar-refractivity contribution in [3.05, 3.63) is 60.2 Å². The van der Waals surface area contributed by atoms with Gasteiger partial charge in [-0.05, 0) is 5.56 Å². The van der Waals surface area contributed by atoms with Crippen LogP contribution in [0.25, 0.3) is 0 Å². The third-order valence-corrected chi connectivity index (χ3v) is 1.81. The summed E-state index contributed by atoms with van der Waals surface area (Å²) in [5, 5.41) is 0. The Morgan fingerprint density at radius 1 is 1.12 bits per heavy atom. The first-order valence-corrected chi connectivity index (χ1v) is 4.99.